The summed E-state index contributed by atoms with van der Waals surface area (Å²) in [5.41, 5.74) is 1.75. The maximum Gasteiger partial charge on any atom is 0.277 e. The summed E-state index contributed by atoms with van der Waals surface area (Å²) in [6.07, 6.45) is 3.30. The van der Waals surface area contributed by atoms with E-state index in [0.29, 0.717) is 22.9 Å². The number of nitrogens with zero attached hydrogens (tertiary/aromatic N) is 2. The molecule has 26 heavy (non-hydrogen) atoms. The van der Waals surface area contributed by atoms with Crippen LogP contribution in [0, 0.1) is 0 Å². The van der Waals surface area contributed by atoms with Gasteiger partial charge in [-0.3, -0.25) is 14.5 Å². The molecule has 0 atom stereocenters. The molecule has 0 spiro atoms. The van der Waals surface area contributed by atoms with E-state index in [2.05, 4.69) is 4.90 Å². The molecule has 1 aromatic rings. The molecular formula is C20H25ClN2O3. The molecular weight excluding hydrogens is 352 g/mol. The second-order valence-electron chi connectivity index (χ2n) is 6.96. The third kappa shape index (κ3) is 3.94. The van der Waals surface area contributed by atoms with E-state index in [-0.39, 0.29) is 24.5 Å². The van der Waals surface area contributed by atoms with Crippen LogP contribution in [-0.2, 0) is 14.3 Å². The average molecular weight is 377 g/mol. The third-order valence-corrected chi connectivity index (χ3v) is 4.97. The van der Waals surface area contributed by atoms with Crippen LogP contribution in [0.2, 0.25) is 5.02 Å². The number of imide groups is 1. The Balaban J connectivity index is 1.92. The van der Waals surface area contributed by atoms with Crippen molar-refractivity contribution < 1.29 is 14.3 Å². The first-order chi connectivity index (χ1) is 12.5. The van der Waals surface area contributed by atoms with E-state index in [0.717, 1.165) is 37.9 Å². The fraction of sp³-hybridized carbons (Fsp3) is 0.500. The fourth-order valence-corrected chi connectivity index (χ4v) is 3.56. The Morgan fingerprint density at radius 3 is 2.31 bits per heavy atom. The molecule has 2 amide bonds. The molecule has 2 heterocycles. The molecule has 1 fully saturated rings. The van der Waals surface area contributed by atoms with Gasteiger partial charge in [0.25, 0.3) is 11.8 Å². The molecule has 2 aliphatic heterocycles. The second kappa shape index (κ2) is 8.23. The minimum atomic E-state index is -0.245. The summed E-state index contributed by atoms with van der Waals surface area (Å²) in [5, 5.41) is 0.604. The number of carbonyl (C=O) groups excluding carboxylic acids is 2. The quantitative estimate of drug-likeness (QED) is 0.714. The van der Waals surface area contributed by atoms with Gasteiger partial charge in [-0.1, -0.05) is 23.7 Å². The number of rotatable bonds is 6. The van der Waals surface area contributed by atoms with Gasteiger partial charge in [-0.25, -0.2) is 0 Å². The highest BCUT2D eigenvalue weighted by atomic mass is 35.5. The first-order valence-corrected chi connectivity index (χ1v) is 9.60. The molecule has 0 N–H and O–H groups in total. The summed E-state index contributed by atoms with van der Waals surface area (Å²) in [6, 6.07) is 7.11. The van der Waals surface area contributed by atoms with Gasteiger partial charge in [0.05, 0.1) is 24.8 Å². The number of halogens is 1. The Morgan fingerprint density at radius 1 is 1.04 bits per heavy atom. The number of amides is 2. The molecule has 0 aromatic heterocycles. The van der Waals surface area contributed by atoms with Crippen LogP contribution in [0.4, 0.5) is 0 Å². The summed E-state index contributed by atoms with van der Waals surface area (Å²) >= 11 is 5.99. The van der Waals surface area contributed by atoms with Crippen molar-refractivity contribution >= 4 is 29.0 Å². The van der Waals surface area contributed by atoms with Crippen LogP contribution in [0.5, 0.6) is 0 Å². The lowest BCUT2D eigenvalue weighted by Crippen LogP contribution is -2.39. The molecule has 0 saturated carbocycles. The fourth-order valence-electron chi connectivity index (χ4n) is 3.43. The van der Waals surface area contributed by atoms with Crippen LogP contribution in [-0.4, -0.2) is 54.0 Å². The van der Waals surface area contributed by atoms with Crippen molar-refractivity contribution in [1.82, 2.24) is 9.80 Å². The molecule has 6 heteroatoms. The van der Waals surface area contributed by atoms with Crippen molar-refractivity contribution in [2.75, 3.05) is 26.2 Å². The van der Waals surface area contributed by atoms with Gasteiger partial charge in [-0.15, -0.1) is 0 Å². The first kappa shape index (κ1) is 18.9. The normalized spacial score (nSPS) is 18.5. The van der Waals surface area contributed by atoms with Crippen molar-refractivity contribution in [3.63, 3.8) is 0 Å². The minimum absolute atomic E-state index is 0.0630. The van der Waals surface area contributed by atoms with Gasteiger partial charge in [0.1, 0.15) is 5.70 Å². The Morgan fingerprint density at radius 2 is 1.69 bits per heavy atom. The Bertz CT molecular complexity index is 706. The first-order valence-electron chi connectivity index (χ1n) is 9.22. The zero-order valence-electron chi connectivity index (χ0n) is 15.3. The van der Waals surface area contributed by atoms with Crippen molar-refractivity contribution in [3.8, 4) is 0 Å². The summed E-state index contributed by atoms with van der Waals surface area (Å²) in [7, 11) is 0. The van der Waals surface area contributed by atoms with Crippen LogP contribution >= 0.6 is 11.6 Å². The molecule has 3 rings (SSSR count). The lowest BCUT2D eigenvalue weighted by atomic mass is 10.0. The molecule has 140 valence electrons. The molecule has 1 aromatic carbocycles. The van der Waals surface area contributed by atoms with Crippen LogP contribution in [0.1, 0.15) is 38.7 Å². The van der Waals surface area contributed by atoms with Crippen molar-refractivity contribution in [2.24, 2.45) is 0 Å². The second-order valence-corrected chi connectivity index (χ2v) is 7.40. The zero-order chi connectivity index (χ0) is 18.7. The highest BCUT2D eigenvalue weighted by Gasteiger charge is 2.41. The van der Waals surface area contributed by atoms with Gasteiger partial charge in [-0.2, -0.15) is 0 Å². The van der Waals surface area contributed by atoms with Gasteiger partial charge >= 0.3 is 0 Å². The maximum atomic E-state index is 13.1. The van der Waals surface area contributed by atoms with Gasteiger partial charge in [0.15, 0.2) is 0 Å². The molecule has 0 radical (unpaired) electrons. The van der Waals surface area contributed by atoms with E-state index in [1.165, 1.54) is 4.90 Å². The summed E-state index contributed by atoms with van der Waals surface area (Å²) < 4.78 is 5.54. The van der Waals surface area contributed by atoms with Crippen molar-refractivity contribution in [2.45, 2.75) is 39.2 Å². The monoisotopic (exact) mass is 376 g/mol. The van der Waals surface area contributed by atoms with Gasteiger partial charge in [-0.05, 0) is 50.8 Å². The predicted octanol–water partition coefficient (Wildman–Crippen LogP) is 3.33. The van der Waals surface area contributed by atoms with Crippen LogP contribution in [0.15, 0.2) is 30.0 Å². The lowest BCUT2D eigenvalue weighted by Gasteiger charge is -2.29. The highest BCUT2D eigenvalue weighted by Crippen LogP contribution is 2.33. The highest BCUT2D eigenvalue weighted by molar-refractivity contribution is 6.36. The minimum Gasteiger partial charge on any atom is -0.377 e. The average Bonchev–Trinajstić information content (AvgIpc) is 2.87. The zero-order valence-corrected chi connectivity index (χ0v) is 16.1. The van der Waals surface area contributed by atoms with E-state index in [4.69, 9.17) is 16.3 Å². The molecule has 0 bridgehead atoms. The van der Waals surface area contributed by atoms with Crippen LogP contribution in [0.3, 0.4) is 0 Å². The Labute approximate surface area is 159 Å². The molecule has 1 saturated heterocycles. The SMILES string of the molecule is CC(C)OCCN1C(=O)C(c2ccc(Cl)cc2)=C(N2CCCCC2)C1=O. The Kier molecular flexibility index (Phi) is 5.99. The summed E-state index contributed by atoms with van der Waals surface area (Å²) in [5.74, 6) is -0.459. The molecule has 0 unspecified atom stereocenters. The number of piperidine rings is 1. The van der Waals surface area contributed by atoms with E-state index in [1.807, 2.05) is 13.8 Å². The van der Waals surface area contributed by atoms with Gasteiger partial charge < -0.3 is 9.64 Å². The third-order valence-electron chi connectivity index (χ3n) is 4.71. The largest absolute Gasteiger partial charge is 0.377 e. The predicted molar refractivity (Wildman–Crippen MR) is 102 cm³/mol. The summed E-state index contributed by atoms with van der Waals surface area (Å²) in [6.45, 7) is 6.10. The number of hydrogen-bond donors (Lipinski definition) is 0. The lowest BCUT2D eigenvalue weighted by molar-refractivity contribution is -0.138. The number of likely N-dealkylation sites (tertiary alicyclic amines) is 1. The standard InChI is InChI=1S/C20H25ClN2O3/c1-14(2)26-13-12-23-19(24)17(15-6-8-16(21)9-7-15)18(20(23)25)22-10-4-3-5-11-22/h6-9,14H,3-5,10-13H2,1-2H3. The maximum absolute atomic E-state index is 13.1. The van der Waals surface area contributed by atoms with Crippen LogP contribution < -0.4 is 0 Å². The number of carbonyl (C=O) groups is 2. The van der Waals surface area contributed by atoms with Gasteiger partial charge in [0.2, 0.25) is 0 Å². The van der Waals surface area contributed by atoms with E-state index in [1.54, 1.807) is 24.3 Å². The number of ether oxygens (including phenoxy) is 1. The van der Waals surface area contributed by atoms with Crippen molar-refractivity contribution in [3.05, 3.63) is 40.5 Å². The van der Waals surface area contributed by atoms with Gasteiger partial charge in [0, 0.05) is 18.1 Å². The smallest absolute Gasteiger partial charge is 0.277 e. The molecule has 5 nitrogen and oxygen atoms in total. The number of hydrogen-bond acceptors (Lipinski definition) is 4. The van der Waals surface area contributed by atoms with Crippen molar-refractivity contribution in [1.29, 1.82) is 0 Å². The molecule has 0 aliphatic carbocycles. The van der Waals surface area contributed by atoms with E-state index >= 15 is 0 Å². The van der Waals surface area contributed by atoms with E-state index < -0.39 is 0 Å². The van der Waals surface area contributed by atoms with E-state index in [9.17, 15) is 9.59 Å². The Hall–Kier alpha value is -1.85. The van der Waals surface area contributed by atoms with Crippen LogP contribution in [0.25, 0.3) is 5.57 Å². The topological polar surface area (TPSA) is 49.9 Å². The summed E-state index contributed by atoms with van der Waals surface area (Å²) in [4.78, 5) is 29.5. The number of benzene rings is 1. The molecule has 2 aliphatic rings.